The van der Waals surface area contributed by atoms with Crippen LogP contribution in [0.3, 0.4) is 0 Å². The summed E-state index contributed by atoms with van der Waals surface area (Å²) in [6.45, 7) is 1.96. The van der Waals surface area contributed by atoms with E-state index in [0.717, 1.165) is 38.4 Å². The molecule has 26 heavy (non-hydrogen) atoms. The Labute approximate surface area is 154 Å². The van der Waals surface area contributed by atoms with Gasteiger partial charge in [0.25, 0.3) is 0 Å². The summed E-state index contributed by atoms with van der Waals surface area (Å²) in [6.07, 6.45) is 6.67. The van der Waals surface area contributed by atoms with Crippen LogP contribution in [0.4, 0.5) is 4.39 Å². The summed E-state index contributed by atoms with van der Waals surface area (Å²) in [4.78, 5) is 3.77. The van der Waals surface area contributed by atoms with Crippen LogP contribution in [0.2, 0.25) is 0 Å². The van der Waals surface area contributed by atoms with Crippen LogP contribution in [-0.4, -0.2) is 29.3 Å². The number of benzene rings is 1. The Bertz CT molecular complexity index is 660. The predicted octanol–water partition coefficient (Wildman–Crippen LogP) is 3.62. The van der Waals surface area contributed by atoms with Gasteiger partial charge in [0.2, 0.25) is 0 Å². The highest BCUT2D eigenvalue weighted by Crippen LogP contribution is 2.26. The Hall–Kier alpha value is -1.82. The molecule has 4 nitrogen and oxygen atoms in total. The molecule has 1 aromatic heterocycles. The van der Waals surface area contributed by atoms with E-state index in [9.17, 15) is 9.50 Å². The molecule has 140 valence electrons. The van der Waals surface area contributed by atoms with Crippen molar-refractivity contribution in [3.63, 3.8) is 0 Å². The number of pyridine rings is 1. The van der Waals surface area contributed by atoms with Gasteiger partial charge in [-0.3, -0.25) is 4.98 Å². The first kappa shape index (κ1) is 19.0. The lowest BCUT2D eigenvalue weighted by Crippen LogP contribution is -2.31. The predicted molar refractivity (Wildman–Crippen MR) is 99.0 cm³/mol. The summed E-state index contributed by atoms with van der Waals surface area (Å²) >= 11 is 0. The first-order valence-electron chi connectivity index (χ1n) is 9.35. The average Bonchev–Trinajstić information content (AvgIpc) is 2.68. The number of aliphatic hydroxyl groups excluding tert-OH is 1. The average molecular weight is 358 g/mol. The van der Waals surface area contributed by atoms with Gasteiger partial charge in [0.1, 0.15) is 5.82 Å². The van der Waals surface area contributed by atoms with Gasteiger partial charge in [-0.05, 0) is 49.8 Å². The van der Waals surface area contributed by atoms with Crippen LogP contribution in [-0.2, 0) is 11.3 Å². The molecule has 1 aliphatic rings. The van der Waals surface area contributed by atoms with E-state index in [4.69, 9.17) is 4.74 Å². The molecule has 0 bridgehead atoms. The van der Waals surface area contributed by atoms with Crippen LogP contribution >= 0.6 is 0 Å². The second-order valence-corrected chi connectivity index (χ2v) is 7.05. The molecule has 0 saturated heterocycles. The molecule has 1 aromatic carbocycles. The van der Waals surface area contributed by atoms with Gasteiger partial charge >= 0.3 is 0 Å². The maximum atomic E-state index is 13.1. The highest BCUT2D eigenvalue weighted by molar-refractivity contribution is 5.14. The van der Waals surface area contributed by atoms with Gasteiger partial charge in [0, 0.05) is 18.3 Å². The van der Waals surface area contributed by atoms with Crippen LogP contribution in [0.5, 0.6) is 0 Å². The molecule has 1 atom stereocenters. The van der Waals surface area contributed by atoms with Gasteiger partial charge in [0.15, 0.2) is 0 Å². The minimum atomic E-state index is -0.733. The van der Waals surface area contributed by atoms with E-state index in [1.165, 1.54) is 17.8 Å². The van der Waals surface area contributed by atoms with E-state index in [-0.39, 0.29) is 0 Å². The number of ether oxygens (including phenoxy) is 1. The molecular weight excluding hydrogens is 331 g/mol. The molecule has 2 aromatic rings. The van der Waals surface area contributed by atoms with E-state index in [1.807, 2.05) is 18.2 Å². The van der Waals surface area contributed by atoms with E-state index in [2.05, 4.69) is 22.4 Å². The van der Waals surface area contributed by atoms with Gasteiger partial charge in [-0.1, -0.05) is 30.3 Å². The van der Waals surface area contributed by atoms with Crippen LogP contribution in [0, 0.1) is 11.7 Å². The van der Waals surface area contributed by atoms with Gasteiger partial charge in [0.05, 0.1) is 25.0 Å². The Morgan fingerprint density at radius 1 is 1.15 bits per heavy atom. The lowest BCUT2D eigenvalue weighted by atomic mass is 9.87. The monoisotopic (exact) mass is 358 g/mol. The quantitative estimate of drug-likeness (QED) is 0.757. The first-order valence-corrected chi connectivity index (χ1v) is 9.35. The van der Waals surface area contributed by atoms with Crippen LogP contribution < -0.4 is 5.32 Å². The van der Waals surface area contributed by atoms with Crippen molar-refractivity contribution < 1.29 is 14.2 Å². The minimum absolute atomic E-state index is 0.343. The number of rotatable bonds is 8. The second kappa shape index (κ2) is 9.76. The van der Waals surface area contributed by atoms with E-state index in [0.29, 0.717) is 30.7 Å². The van der Waals surface area contributed by atoms with Crippen molar-refractivity contribution in [1.82, 2.24) is 10.3 Å². The molecule has 1 saturated carbocycles. The second-order valence-electron chi connectivity index (χ2n) is 7.05. The van der Waals surface area contributed by atoms with Crippen molar-refractivity contribution in [2.24, 2.45) is 5.92 Å². The third kappa shape index (κ3) is 5.87. The molecule has 0 amide bonds. The molecule has 1 aliphatic carbocycles. The smallest absolute Gasteiger partial charge is 0.141 e. The number of hydrogen-bond acceptors (Lipinski definition) is 4. The number of hydrogen-bond donors (Lipinski definition) is 2. The first-order chi connectivity index (χ1) is 12.7. The third-order valence-electron chi connectivity index (χ3n) is 5.00. The van der Waals surface area contributed by atoms with E-state index < -0.39 is 11.9 Å². The van der Waals surface area contributed by atoms with Crippen LogP contribution in [0.1, 0.15) is 42.9 Å². The van der Waals surface area contributed by atoms with Crippen LogP contribution in [0.15, 0.2) is 48.8 Å². The topological polar surface area (TPSA) is 54.4 Å². The molecule has 0 aliphatic heterocycles. The molecule has 5 heteroatoms. The summed E-state index contributed by atoms with van der Waals surface area (Å²) in [5, 5.41) is 13.4. The normalized spacial score (nSPS) is 21.5. The lowest BCUT2D eigenvalue weighted by molar-refractivity contribution is 0.00697. The molecule has 3 rings (SSSR count). The fourth-order valence-corrected chi connectivity index (χ4v) is 3.44. The summed E-state index contributed by atoms with van der Waals surface area (Å²) in [6, 6.07) is 11.6. The number of nitrogens with zero attached hydrogens (tertiary/aromatic N) is 1. The highest BCUT2D eigenvalue weighted by Gasteiger charge is 2.21. The van der Waals surface area contributed by atoms with E-state index in [1.54, 1.807) is 0 Å². The van der Waals surface area contributed by atoms with Gasteiger partial charge in [-0.25, -0.2) is 4.39 Å². The highest BCUT2D eigenvalue weighted by atomic mass is 19.1. The van der Waals surface area contributed by atoms with Crippen molar-refractivity contribution in [2.75, 3.05) is 13.1 Å². The maximum absolute atomic E-state index is 13.1. The molecule has 0 unspecified atom stereocenters. The minimum Gasteiger partial charge on any atom is -0.387 e. The molecular formula is C21H27FN2O2. The Kier molecular flexibility index (Phi) is 7.12. The zero-order valence-electron chi connectivity index (χ0n) is 15.0. The number of aliphatic hydroxyl groups is 1. The number of nitrogens with one attached hydrogen (secondary N) is 1. The van der Waals surface area contributed by atoms with Crippen LogP contribution in [0.25, 0.3) is 0 Å². The van der Waals surface area contributed by atoms with Gasteiger partial charge in [-0.2, -0.15) is 0 Å². The molecule has 0 spiro atoms. The Morgan fingerprint density at radius 3 is 2.65 bits per heavy atom. The maximum Gasteiger partial charge on any atom is 0.141 e. The van der Waals surface area contributed by atoms with Crippen molar-refractivity contribution in [2.45, 2.75) is 44.5 Å². The van der Waals surface area contributed by atoms with Crippen molar-refractivity contribution in [3.05, 3.63) is 65.7 Å². The fraction of sp³-hybridized carbons (Fsp3) is 0.476. The van der Waals surface area contributed by atoms with Crippen molar-refractivity contribution in [3.8, 4) is 0 Å². The fourth-order valence-electron chi connectivity index (χ4n) is 3.44. The van der Waals surface area contributed by atoms with Gasteiger partial charge in [-0.15, -0.1) is 0 Å². The largest absolute Gasteiger partial charge is 0.387 e. The van der Waals surface area contributed by atoms with E-state index >= 15 is 0 Å². The Balaban J connectivity index is 1.31. The van der Waals surface area contributed by atoms with Crippen molar-refractivity contribution in [1.29, 1.82) is 0 Å². The van der Waals surface area contributed by atoms with Gasteiger partial charge < -0.3 is 15.2 Å². The summed E-state index contributed by atoms with van der Waals surface area (Å²) < 4.78 is 19.2. The molecule has 1 fully saturated rings. The summed E-state index contributed by atoms with van der Waals surface area (Å²) in [5.74, 6) is 0.180. The zero-order chi connectivity index (χ0) is 18.2. The Morgan fingerprint density at radius 2 is 1.92 bits per heavy atom. The summed E-state index contributed by atoms with van der Waals surface area (Å²) in [5.41, 5.74) is 1.73. The van der Waals surface area contributed by atoms with Crippen molar-refractivity contribution >= 4 is 0 Å². The summed E-state index contributed by atoms with van der Waals surface area (Å²) in [7, 11) is 0. The standard InChI is InChI=1S/C21H27FN2O2/c22-19-10-18(12-24-13-19)21(25)14-23-11-16-6-8-20(9-7-16)26-15-17-4-2-1-3-5-17/h1-5,10,12-13,16,20-21,23,25H,6-9,11,14-15H2/t16?,20?,21-/m0/s1. The number of halogens is 1. The zero-order valence-corrected chi connectivity index (χ0v) is 15.0. The number of aromatic nitrogens is 1. The third-order valence-corrected chi connectivity index (χ3v) is 5.00. The molecule has 0 radical (unpaired) electrons. The molecule has 2 N–H and O–H groups in total. The SMILES string of the molecule is O[C@@H](CNCC1CCC(OCc2ccccc2)CC1)c1cncc(F)c1. The molecule has 1 heterocycles. The lowest BCUT2D eigenvalue weighted by Gasteiger charge is -2.29.